The third-order valence-corrected chi connectivity index (χ3v) is 3.01. The Balaban J connectivity index is 2.24. The summed E-state index contributed by atoms with van der Waals surface area (Å²) in [6.45, 7) is 6.01. The van der Waals surface area contributed by atoms with E-state index in [2.05, 4.69) is 5.32 Å². The molecule has 0 aliphatic heterocycles. The van der Waals surface area contributed by atoms with Crippen LogP contribution in [0, 0.1) is 6.92 Å². The number of hydrogen-bond acceptors (Lipinski definition) is 4. The second-order valence-corrected chi connectivity index (χ2v) is 5.26. The Hall–Kier alpha value is -2.36. The van der Waals surface area contributed by atoms with E-state index in [1.54, 1.807) is 7.11 Å². The van der Waals surface area contributed by atoms with Gasteiger partial charge in [-0.25, -0.2) is 0 Å². The summed E-state index contributed by atoms with van der Waals surface area (Å²) in [7, 11) is 1.66. The zero-order valence-electron chi connectivity index (χ0n) is 12.9. The molecule has 0 radical (unpaired) electrons. The van der Waals surface area contributed by atoms with E-state index in [0.717, 1.165) is 28.4 Å². The second-order valence-electron chi connectivity index (χ2n) is 5.26. The van der Waals surface area contributed by atoms with Gasteiger partial charge in [0.25, 0.3) is 0 Å². The molecule has 21 heavy (non-hydrogen) atoms. The fourth-order valence-electron chi connectivity index (χ4n) is 2.09. The number of rotatable bonds is 5. The Morgan fingerprint density at radius 2 is 1.81 bits per heavy atom. The summed E-state index contributed by atoms with van der Waals surface area (Å²) in [5, 5.41) is 3.36. The molecule has 2 aromatic carbocycles. The number of hydrogen-bond donors (Lipinski definition) is 2. The number of nitrogens with two attached hydrogens (primary N) is 1. The van der Waals surface area contributed by atoms with E-state index in [1.165, 1.54) is 0 Å². The molecule has 0 aromatic heterocycles. The van der Waals surface area contributed by atoms with Crippen molar-refractivity contribution in [3.05, 3.63) is 42.0 Å². The quantitative estimate of drug-likeness (QED) is 0.812. The van der Waals surface area contributed by atoms with Crippen LogP contribution in [0.2, 0.25) is 0 Å². The third kappa shape index (κ3) is 4.05. The fraction of sp³-hybridized carbons (Fsp3) is 0.294. The molecule has 0 bridgehead atoms. The number of anilines is 3. The van der Waals surface area contributed by atoms with Crippen molar-refractivity contribution in [3.63, 3.8) is 0 Å². The average molecular weight is 286 g/mol. The van der Waals surface area contributed by atoms with Gasteiger partial charge in [-0.05, 0) is 50.6 Å². The van der Waals surface area contributed by atoms with Gasteiger partial charge in [-0.3, -0.25) is 0 Å². The van der Waals surface area contributed by atoms with Crippen LogP contribution in [0.4, 0.5) is 17.1 Å². The van der Waals surface area contributed by atoms with Crippen molar-refractivity contribution in [1.82, 2.24) is 0 Å². The molecule has 0 saturated carbocycles. The number of methoxy groups -OCH3 is 1. The van der Waals surface area contributed by atoms with E-state index in [4.69, 9.17) is 15.2 Å². The van der Waals surface area contributed by atoms with Gasteiger partial charge in [0.1, 0.15) is 11.5 Å². The van der Waals surface area contributed by atoms with Gasteiger partial charge >= 0.3 is 0 Å². The standard InChI is InChI=1S/C17H22N2O2/c1-11(2)21-16-9-13(18)8-14(10-16)19-17-6-5-15(20-4)7-12(17)3/h5-11,19H,18H2,1-4H3. The molecule has 3 N–H and O–H groups in total. The highest BCUT2D eigenvalue weighted by atomic mass is 16.5. The number of aryl methyl sites for hydroxylation is 1. The molecule has 4 heteroatoms. The maximum Gasteiger partial charge on any atom is 0.123 e. The lowest BCUT2D eigenvalue weighted by Gasteiger charge is -2.15. The van der Waals surface area contributed by atoms with E-state index in [1.807, 2.05) is 57.2 Å². The van der Waals surface area contributed by atoms with Gasteiger partial charge in [-0.2, -0.15) is 0 Å². The Morgan fingerprint density at radius 1 is 1.05 bits per heavy atom. The number of benzene rings is 2. The summed E-state index contributed by atoms with van der Waals surface area (Å²) >= 11 is 0. The lowest BCUT2D eigenvalue weighted by atomic mass is 10.1. The first kappa shape index (κ1) is 15.0. The highest BCUT2D eigenvalue weighted by molar-refractivity contribution is 5.68. The highest BCUT2D eigenvalue weighted by Crippen LogP contribution is 2.29. The first-order valence-corrected chi connectivity index (χ1v) is 6.97. The van der Waals surface area contributed by atoms with Crippen molar-refractivity contribution >= 4 is 17.1 Å². The molecule has 0 fully saturated rings. The molecule has 0 aliphatic rings. The lowest BCUT2D eigenvalue weighted by Crippen LogP contribution is -2.06. The van der Waals surface area contributed by atoms with E-state index in [-0.39, 0.29) is 6.10 Å². The van der Waals surface area contributed by atoms with Crippen LogP contribution >= 0.6 is 0 Å². The van der Waals surface area contributed by atoms with Crippen molar-refractivity contribution in [1.29, 1.82) is 0 Å². The van der Waals surface area contributed by atoms with Crippen LogP contribution in [0.3, 0.4) is 0 Å². The Morgan fingerprint density at radius 3 is 2.43 bits per heavy atom. The largest absolute Gasteiger partial charge is 0.497 e. The van der Waals surface area contributed by atoms with Gasteiger partial charge in [0.2, 0.25) is 0 Å². The minimum Gasteiger partial charge on any atom is -0.497 e. The molecular formula is C17H22N2O2. The van der Waals surface area contributed by atoms with Crippen LogP contribution < -0.4 is 20.5 Å². The van der Waals surface area contributed by atoms with Gasteiger partial charge in [0.15, 0.2) is 0 Å². The minimum atomic E-state index is 0.113. The van der Waals surface area contributed by atoms with Crippen molar-refractivity contribution < 1.29 is 9.47 Å². The monoisotopic (exact) mass is 286 g/mol. The van der Waals surface area contributed by atoms with E-state index >= 15 is 0 Å². The third-order valence-electron chi connectivity index (χ3n) is 3.01. The molecule has 0 unspecified atom stereocenters. The normalized spacial score (nSPS) is 10.5. The average Bonchev–Trinajstić information content (AvgIpc) is 2.39. The predicted octanol–water partition coefficient (Wildman–Crippen LogP) is 4.12. The number of nitrogens with one attached hydrogen (secondary N) is 1. The molecule has 2 aromatic rings. The van der Waals surface area contributed by atoms with Crippen LogP contribution in [0.15, 0.2) is 36.4 Å². The van der Waals surface area contributed by atoms with Crippen LogP contribution in [-0.4, -0.2) is 13.2 Å². The van der Waals surface area contributed by atoms with Crippen LogP contribution in [0.1, 0.15) is 19.4 Å². The van der Waals surface area contributed by atoms with Gasteiger partial charge in [0.05, 0.1) is 13.2 Å². The summed E-state index contributed by atoms with van der Waals surface area (Å²) in [5.41, 5.74) is 9.61. The van der Waals surface area contributed by atoms with E-state index in [0.29, 0.717) is 5.69 Å². The maximum absolute atomic E-state index is 5.93. The van der Waals surface area contributed by atoms with Crippen molar-refractivity contribution in [2.45, 2.75) is 26.9 Å². The molecule has 4 nitrogen and oxygen atoms in total. The smallest absolute Gasteiger partial charge is 0.123 e. The summed E-state index contributed by atoms with van der Waals surface area (Å²) < 4.78 is 10.9. The zero-order valence-corrected chi connectivity index (χ0v) is 12.9. The summed E-state index contributed by atoms with van der Waals surface area (Å²) in [4.78, 5) is 0. The molecule has 2 rings (SSSR count). The topological polar surface area (TPSA) is 56.5 Å². The fourth-order valence-corrected chi connectivity index (χ4v) is 2.09. The van der Waals surface area contributed by atoms with Gasteiger partial charge in [-0.1, -0.05) is 0 Å². The first-order chi connectivity index (χ1) is 9.97. The van der Waals surface area contributed by atoms with Gasteiger partial charge in [-0.15, -0.1) is 0 Å². The predicted molar refractivity (Wildman–Crippen MR) is 87.6 cm³/mol. The molecule has 112 valence electrons. The minimum absolute atomic E-state index is 0.113. The van der Waals surface area contributed by atoms with Crippen LogP contribution in [0.25, 0.3) is 0 Å². The molecular weight excluding hydrogens is 264 g/mol. The SMILES string of the molecule is COc1ccc(Nc2cc(N)cc(OC(C)C)c2)c(C)c1. The second kappa shape index (κ2) is 6.39. The molecule has 0 atom stereocenters. The first-order valence-electron chi connectivity index (χ1n) is 6.97. The maximum atomic E-state index is 5.93. The van der Waals surface area contributed by atoms with Crippen LogP contribution in [0.5, 0.6) is 11.5 Å². The lowest BCUT2D eigenvalue weighted by molar-refractivity contribution is 0.242. The molecule has 0 saturated heterocycles. The van der Waals surface area contributed by atoms with Gasteiger partial charge in [0, 0.05) is 29.2 Å². The zero-order chi connectivity index (χ0) is 15.4. The van der Waals surface area contributed by atoms with E-state index in [9.17, 15) is 0 Å². The Kier molecular flexibility index (Phi) is 4.58. The van der Waals surface area contributed by atoms with Gasteiger partial charge < -0.3 is 20.5 Å². The van der Waals surface area contributed by atoms with Crippen molar-refractivity contribution in [2.24, 2.45) is 0 Å². The Bertz CT molecular complexity index is 624. The highest BCUT2D eigenvalue weighted by Gasteiger charge is 2.05. The summed E-state index contributed by atoms with van der Waals surface area (Å²) in [6, 6.07) is 11.6. The number of ether oxygens (including phenoxy) is 2. The molecule has 0 heterocycles. The molecule has 0 spiro atoms. The summed E-state index contributed by atoms with van der Waals surface area (Å²) in [6.07, 6.45) is 0.113. The van der Waals surface area contributed by atoms with Crippen LogP contribution in [-0.2, 0) is 0 Å². The number of nitrogen functional groups attached to an aromatic ring is 1. The molecule has 0 amide bonds. The van der Waals surface area contributed by atoms with Crippen molar-refractivity contribution in [2.75, 3.05) is 18.2 Å². The van der Waals surface area contributed by atoms with E-state index < -0.39 is 0 Å². The Labute approximate surface area is 125 Å². The molecule has 0 aliphatic carbocycles. The summed E-state index contributed by atoms with van der Waals surface area (Å²) in [5.74, 6) is 1.60. The van der Waals surface area contributed by atoms with Crippen molar-refractivity contribution in [3.8, 4) is 11.5 Å².